The van der Waals surface area contributed by atoms with Crippen LogP contribution in [0.2, 0.25) is 0 Å². The second kappa shape index (κ2) is 5.52. The smallest absolute Gasteiger partial charge is 0.0898 e. The van der Waals surface area contributed by atoms with Crippen LogP contribution in [-0.4, -0.2) is 16.5 Å². The molecule has 2 aromatic rings. The van der Waals surface area contributed by atoms with E-state index in [1.54, 1.807) is 22.7 Å². The van der Waals surface area contributed by atoms with Crippen molar-refractivity contribution in [2.75, 3.05) is 6.54 Å². The van der Waals surface area contributed by atoms with Crippen molar-refractivity contribution in [2.45, 2.75) is 26.3 Å². The van der Waals surface area contributed by atoms with Crippen molar-refractivity contribution in [1.82, 2.24) is 15.3 Å². The Morgan fingerprint density at radius 2 is 2.31 bits per heavy atom. The molecule has 86 valence electrons. The van der Waals surface area contributed by atoms with Gasteiger partial charge in [0.05, 0.1) is 22.3 Å². The average Bonchev–Trinajstić information content (AvgIpc) is 2.88. The number of hydrogen-bond acceptors (Lipinski definition) is 5. The molecule has 0 fully saturated rings. The molecule has 0 aliphatic carbocycles. The zero-order valence-corrected chi connectivity index (χ0v) is 11.1. The molecule has 1 N–H and O–H groups in total. The second-order valence-corrected chi connectivity index (χ2v) is 5.61. The quantitative estimate of drug-likeness (QED) is 0.890. The van der Waals surface area contributed by atoms with Crippen LogP contribution in [0.1, 0.15) is 28.5 Å². The van der Waals surface area contributed by atoms with Gasteiger partial charge in [0.25, 0.3) is 0 Å². The lowest BCUT2D eigenvalue weighted by atomic mass is 10.1. The second-order valence-electron chi connectivity index (χ2n) is 3.57. The van der Waals surface area contributed by atoms with Gasteiger partial charge in [0, 0.05) is 22.9 Å². The van der Waals surface area contributed by atoms with Crippen LogP contribution in [0.25, 0.3) is 0 Å². The summed E-state index contributed by atoms with van der Waals surface area (Å²) in [5.41, 5.74) is 3.03. The number of aryl methyl sites for hydroxylation is 1. The standard InChI is InChI=1S/C11H15N3S2/c1-3-13-10(4-9-5-12-7-16-9)11-6-15-8(2)14-11/h5-7,10,13H,3-4H2,1-2H3. The Bertz CT molecular complexity index is 422. The van der Waals surface area contributed by atoms with Crippen molar-refractivity contribution < 1.29 is 0 Å². The van der Waals surface area contributed by atoms with E-state index in [9.17, 15) is 0 Å². The average molecular weight is 253 g/mol. The Morgan fingerprint density at radius 1 is 1.44 bits per heavy atom. The Hall–Kier alpha value is -0.780. The van der Waals surface area contributed by atoms with Gasteiger partial charge in [0.2, 0.25) is 0 Å². The molecule has 0 radical (unpaired) electrons. The van der Waals surface area contributed by atoms with E-state index in [0.29, 0.717) is 6.04 Å². The normalized spacial score (nSPS) is 12.9. The predicted octanol–water partition coefficient (Wildman–Crippen LogP) is 2.80. The minimum Gasteiger partial charge on any atom is -0.309 e. The van der Waals surface area contributed by atoms with Gasteiger partial charge in [0.1, 0.15) is 0 Å². The topological polar surface area (TPSA) is 37.8 Å². The summed E-state index contributed by atoms with van der Waals surface area (Å²) < 4.78 is 0. The Balaban J connectivity index is 2.11. The van der Waals surface area contributed by atoms with E-state index in [0.717, 1.165) is 23.7 Å². The zero-order valence-electron chi connectivity index (χ0n) is 9.43. The van der Waals surface area contributed by atoms with E-state index in [-0.39, 0.29) is 0 Å². The monoisotopic (exact) mass is 253 g/mol. The molecule has 1 atom stereocenters. The van der Waals surface area contributed by atoms with Crippen molar-refractivity contribution >= 4 is 22.7 Å². The molecule has 0 aliphatic heterocycles. The molecule has 0 spiro atoms. The first-order chi connectivity index (χ1) is 7.79. The molecule has 0 aliphatic rings. The number of rotatable bonds is 5. The highest BCUT2D eigenvalue weighted by molar-refractivity contribution is 7.09. The van der Waals surface area contributed by atoms with Crippen LogP contribution in [0.5, 0.6) is 0 Å². The third kappa shape index (κ3) is 2.87. The first kappa shape index (κ1) is 11.7. The van der Waals surface area contributed by atoms with Crippen LogP contribution >= 0.6 is 22.7 Å². The SMILES string of the molecule is CCNC(Cc1cncs1)c1csc(C)n1. The molecule has 0 saturated carbocycles. The first-order valence-corrected chi connectivity index (χ1v) is 7.08. The molecular weight excluding hydrogens is 238 g/mol. The number of hydrogen-bond donors (Lipinski definition) is 1. The number of nitrogens with zero attached hydrogens (tertiary/aromatic N) is 2. The predicted molar refractivity (Wildman–Crippen MR) is 69.1 cm³/mol. The van der Waals surface area contributed by atoms with Crippen molar-refractivity contribution in [3.05, 3.63) is 32.7 Å². The maximum absolute atomic E-state index is 4.55. The van der Waals surface area contributed by atoms with Gasteiger partial charge >= 0.3 is 0 Å². The summed E-state index contributed by atoms with van der Waals surface area (Å²) in [5, 5.41) is 6.74. The molecule has 0 aromatic carbocycles. The minimum absolute atomic E-state index is 0.315. The molecule has 0 saturated heterocycles. The lowest BCUT2D eigenvalue weighted by molar-refractivity contribution is 0.541. The highest BCUT2D eigenvalue weighted by atomic mass is 32.1. The first-order valence-electron chi connectivity index (χ1n) is 5.32. The van der Waals surface area contributed by atoms with Crippen LogP contribution in [0.3, 0.4) is 0 Å². The number of nitrogens with one attached hydrogen (secondary N) is 1. The fourth-order valence-corrected chi connectivity index (χ4v) is 2.92. The largest absolute Gasteiger partial charge is 0.309 e. The fraction of sp³-hybridized carbons (Fsp3) is 0.455. The van der Waals surface area contributed by atoms with E-state index in [2.05, 4.69) is 27.6 Å². The molecule has 2 heterocycles. The molecule has 5 heteroatoms. The van der Waals surface area contributed by atoms with Crippen LogP contribution in [0.15, 0.2) is 17.1 Å². The third-order valence-electron chi connectivity index (χ3n) is 2.33. The van der Waals surface area contributed by atoms with Crippen LogP contribution in [0, 0.1) is 6.92 Å². The summed E-state index contributed by atoms with van der Waals surface area (Å²) in [6, 6.07) is 0.315. The van der Waals surface area contributed by atoms with E-state index in [4.69, 9.17) is 0 Å². The van der Waals surface area contributed by atoms with Crippen molar-refractivity contribution in [2.24, 2.45) is 0 Å². The highest BCUT2D eigenvalue weighted by Crippen LogP contribution is 2.21. The van der Waals surface area contributed by atoms with Crippen LogP contribution < -0.4 is 5.32 Å². The fourth-order valence-electron chi connectivity index (χ4n) is 1.61. The van der Waals surface area contributed by atoms with Crippen LogP contribution in [0.4, 0.5) is 0 Å². The van der Waals surface area contributed by atoms with Gasteiger partial charge in [0.15, 0.2) is 0 Å². The van der Waals surface area contributed by atoms with E-state index < -0.39 is 0 Å². The van der Waals surface area contributed by atoms with Gasteiger partial charge in [-0.3, -0.25) is 4.98 Å². The molecule has 2 aromatic heterocycles. The Kier molecular flexibility index (Phi) is 4.04. The maximum atomic E-state index is 4.55. The lowest BCUT2D eigenvalue weighted by Gasteiger charge is -2.14. The van der Waals surface area contributed by atoms with Gasteiger partial charge < -0.3 is 5.32 Å². The minimum atomic E-state index is 0.315. The maximum Gasteiger partial charge on any atom is 0.0898 e. The summed E-state index contributed by atoms with van der Waals surface area (Å²) in [6.45, 7) is 5.13. The van der Waals surface area contributed by atoms with Crippen molar-refractivity contribution in [3.8, 4) is 0 Å². The number of likely N-dealkylation sites (N-methyl/N-ethyl adjacent to an activating group) is 1. The molecule has 1 unspecified atom stereocenters. The summed E-state index contributed by atoms with van der Waals surface area (Å²) in [6.07, 6.45) is 2.91. The molecule has 3 nitrogen and oxygen atoms in total. The van der Waals surface area contributed by atoms with E-state index in [1.807, 2.05) is 18.6 Å². The Morgan fingerprint density at radius 3 is 2.88 bits per heavy atom. The third-order valence-corrected chi connectivity index (χ3v) is 3.93. The molecule has 2 rings (SSSR count). The molecule has 16 heavy (non-hydrogen) atoms. The van der Waals surface area contributed by atoms with E-state index >= 15 is 0 Å². The Labute approximate surface area is 104 Å². The van der Waals surface area contributed by atoms with Crippen molar-refractivity contribution in [1.29, 1.82) is 0 Å². The summed E-state index contributed by atoms with van der Waals surface area (Å²) in [4.78, 5) is 9.96. The van der Waals surface area contributed by atoms with Gasteiger partial charge in [-0.25, -0.2) is 4.98 Å². The zero-order chi connectivity index (χ0) is 11.4. The van der Waals surface area contributed by atoms with Gasteiger partial charge in [-0.1, -0.05) is 6.92 Å². The molecule has 0 bridgehead atoms. The van der Waals surface area contributed by atoms with Gasteiger partial charge in [-0.15, -0.1) is 22.7 Å². The van der Waals surface area contributed by atoms with Crippen LogP contribution in [-0.2, 0) is 6.42 Å². The van der Waals surface area contributed by atoms with E-state index in [1.165, 1.54) is 4.88 Å². The highest BCUT2D eigenvalue weighted by Gasteiger charge is 2.14. The van der Waals surface area contributed by atoms with Gasteiger partial charge in [-0.05, 0) is 13.5 Å². The van der Waals surface area contributed by atoms with Crippen molar-refractivity contribution in [3.63, 3.8) is 0 Å². The van der Waals surface area contributed by atoms with Gasteiger partial charge in [-0.2, -0.15) is 0 Å². The summed E-state index contributed by atoms with van der Waals surface area (Å²) in [7, 11) is 0. The number of thiazole rings is 2. The molecule has 0 amide bonds. The summed E-state index contributed by atoms with van der Waals surface area (Å²) >= 11 is 3.41. The molecular formula is C11H15N3S2. The summed E-state index contributed by atoms with van der Waals surface area (Å²) in [5.74, 6) is 0. The number of aromatic nitrogens is 2. The lowest BCUT2D eigenvalue weighted by Crippen LogP contribution is -2.23.